The van der Waals surface area contributed by atoms with Crippen molar-refractivity contribution in [2.45, 2.75) is 19.4 Å². The Morgan fingerprint density at radius 3 is 2.61 bits per heavy atom. The van der Waals surface area contributed by atoms with Gasteiger partial charge in [-0.05, 0) is 57.6 Å². The summed E-state index contributed by atoms with van der Waals surface area (Å²) >= 11 is 0. The van der Waals surface area contributed by atoms with Gasteiger partial charge in [0.1, 0.15) is 5.75 Å². The Kier molecular flexibility index (Phi) is 4.25. The molecule has 1 heterocycles. The highest BCUT2D eigenvalue weighted by molar-refractivity contribution is 5.27. The van der Waals surface area contributed by atoms with Crippen LogP contribution in [0.15, 0.2) is 24.3 Å². The normalized spacial score (nSPS) is 22.6. The Labute approximate surface area is 110 Å². The SMILES string of the molecule is CC(c1ccc(O)cc1)N(C)CC1CCN(C)C1. The van der Waals surface area contributed by atoms with Crippen LogP contribution < -0.4 is 0 Å². The number of phenols is 1. The molecule has 0 amide bonds. The van der Waals surface area contributed by atoms with Crippen molar-refractivity contribution in [2.75, 3.05) is 33.7 Å². The Morgan fingerprint density at radius 1 is 1.39 bits per heavy atom. The van der Waals surface area contributed by atoms with Crippen LogP contribution in [0.2, 0.25) is 0 Å². The summed E-state index contributed by atoms with van der Waals surface area (Å²) in [4.78, 5) is 4.82. The third-order valence-corrected chi connectivity index (χ3v) is 4.07. The van der Waals surface area contributed by atoms with E-state index in [9.17, 15) is 5.11 Å². The number of hydrogen-bond acceptors (Lipinski definition) is 3. The molecular formula is C15H24N2O. The van der Waals surface area contributed by atoms with Gasteiger partial charge in [0.25, 0.3) is 0 Å². The standard InChI is InChI=1S/C15H24N2O/c1-12(14-4-6-15(18)7-5-14)17(3)11-13-8-9-16(2)10-13/h4-7,12-13,18H,8-11H2,1-3H3. The van der Waals surface area contributed by atoms with Gasteiger partial charge in [0.05, 0.1) is 0 Å². The average molecular weight is 248 g/mol. The van der Waals surface area contributed by atoms with Gasteiger partial charge < -0.3 is 10.0 Å². The monoisotopic (exact) mass is 248 g/mol. The van der Waals surface area contributed by atoms with Gasteiger partial charge in [0.2, 0.25) is 0 Å². The Balaban J connectivity index is 1.92. The van der Waals surface area contributed by atoms with E-state index in [1.807, 2.05) is 12.1 Å². The predicted octanol–water partition coefficient (Wildman–Crippen LogP) is 2.34. The topological polar surface area (TPSA) is 26.7 Å². The third kappa shape index (κ3) is 3.24. The summed E-state index contributed by atoms with van der Waals surface area (Å²) in [7, 11) is 4.39. The van der Waals surface area contributed by atoms with Crippen molar-refractivity contribution < 1.29 is 5.11 Å². The van der Waals surface area contributed by atoms with Gasteiger partial charge in [-0.3, -0.25) is 4.90 Å². The number of likely N-dealkylation sites (tertiary alicyclic amines) is 1. The van der Waals surface area contributed by atoms with Crippen molar-refractivity contribution in [1.82, 2.24) is 9.80 Å². The zero-order valence-corrected chi connectivity index (χ0v) is 11.6. The summed E-state index contributed by atoms with van der Waals surface area (Å²) < 4.78 is 0. The van der Waals surface area contributed by atoms with Crippen molar-refractivity contribution in [2.24, 2.45) is 5.92 Å². The number of nitrogens with zero attached hydrogens (tertiary/aromatic N) is 2. The van der Waals surface area contributed by atoms with Crippen molar-refractivity contribution in [3.05, 3.63) is 29.8 Å². The van der Waals surface area contributed by atoms with Crippen LogP contribution in [-0.4, -0.2) is 48.6 Å². The fourth-order valence-corrected chi connectivity index (χ4v) is 2.75. The molecule has 2 rings (SSSR count). The maximum Gasteiger partial charge on any atom is 0.115 e. The summed E-state index contributed by atoms with van der Waals surface area (Å²) in [6, 6.07) is 7.96. The molecule has 2 atom stereocenters. The van der Waals surface area contributed by atoms with E-state index in [0.29, 0.717) is 11.8 Å². The molecule has 3 nitrogen and oxygen atoms in total. The lowest BCUT2D eigenvalue weighted by Crippen LogP contribution is -2.29. The van der Waals surface area contributed by atoms with E-state index in [0.717, 1.165) is 12.5 Å². The first-order chi connectivity index (χ1) is 8.56. The van der Waals surface area contributed by atoms with Crippen molar-refractivity contribution in [1.29, 1.82) is 0 Å². The van der Waals surface area contributed by atoms with Crippen molar-refractivity contribution >= 4 is 0 Å². The van der Waals surface area contributed by atoms with Crippen LogP contribution in [0.4, 0.5) is 0 Å². The fourth-order valence-electron chi connectivity index (χ4n) is 2.75. The van der Waals surface area contributed by atoms with Gasteiger partial charge in [-0.1, -0.05) is 12.1 Å². The quantitative estimate of drug-likeness (QED) is 0.886. The second-order valence-corrected chi connectivity index (χ2v) is 5.62. The third-order valence-electron chi connectivity index (χ3n) is 4.07. The number of benzene rings is 1. The number of rotatable bonds is 4. The molecule has 2 unspecified atom stereocenters. The molecule has 1 fully saturated rings. The second kappa shape index (κ2) is 5.72. The molecule has 18 heavy (non-hydrogen) atoms. The number of hydrogen-bond donors (Lipinski definition) is 1. The number of phenolic OH excluding ortho intramolecular Hbond substituents is 1. The molecule has 1 aliphatic heterocycles. The predicted molar refractivity (Wildman–Crippen MR) is 74.8 cm³/mol. The van der Waals surface area contributed by atoms with Crippen LogP contribution in [0, 0.1) is 5.92 Å². The molecule has 0 saturated carbocycles. The minimum atomic E-state index is 0.339. The van der Waals surface area contributed by atoms with E-state index < -0.39 is 0 Å². The average Bonchev–Trinajstić information content (AvgIpc) is 2.75. The van der Waals surface area contributed by atoms with Crippen LogP contribution in [0.1, 0.15) is 24.9 Å². The second-order valence-electron chi connectivity index (χ2n) is 5.62. The first-order valence-electron chi connectivity index (χ1n) is 6.74. The van der Waals surface area contributed by atoms with Crippen LogP contribution in [-0.2, 0) is 0 Å². The van der Waals surface area contributed by atoms with Crippen LogP contribution in [0.25, 0.3) is 0 Å². The van der Waals surface area contributed by atoms with Crippen molar-refractivity contribution in [3.8, 4) is 5.75 Å². The van der Waals surface area contributed by atoms with Crippen LogP contribution in [0.3, 0.4) is 0 Å². The molecule has 0 aromatic heterocycles. The highest BCUT2D eigenvalue weighted by atomic mass is 16.3. The Bertz CT molecular complexity index is 377. The maximum absolute atomic E-state index is 9.32. The van der Waals surface area contributed by atoms with E-state index in [2.05, 4.69) is 30.8 Å². The van der Waals surface area contributed by atoms with E-state index >= 15 is 0 Å². The first kappa shape index (κ1) is 13.4. The maximum atomic E-state index is 9.32. The molecular weight excluding hydrogens is 224 g/mol. The van der Waals surface area contributed by atoms with Crippen LogP contribution in [0.5, 0.6) is 5.75 Å². The minimum absolute atomic E-state index is 0.339. The molecule has 0 bridgehead atoms. The van der Waals surface area contributed by atoms with Crippen molar-refractivity contribution in [3.63, 3.8) is 0 Å². The van der Waals surface area contributed by atoms with Gasteiger partial charge in [-0.15, -0.1) is 0 Å². The zero-order valence-electron chi connectivity index (χ0n) is 11.6. The van der Waals surface area contributed by atoms with E-state index in [-0.39, 0.29) is 0 Å². The first-order valence-corrected chi connectivity index (χ1v) is 6.74. The lowest BCUT2D eigenvalue weighted by atomic mass is 10.0. The smallest absolute Gasteiger partial charge is 0.115 e. The van der Waals surface area contributed by atoms with E-state index in [4.69, 9.17) is 0 Å². The summed E-state index contributed by atoms with van der Waals surface area (Å²) in [6.07, 6.45) is 1.31. The lowest BCUT2D eigenvalue weighted by molar-refractivity contribution is 0.220. The summed E-state index contributed by atoms with van der Waals surface area (Å²) in [5.41, 5.74) is 1.27. The summed E-state index contributed by atoms with van der Waals surface area (Å²) in [6.45, 7) is 5.82. The largest absolute Gasteiger partial charge is 0.508 e. The van der Waals surface area contributed by atoms with Gasteiger partial charge in [-0.25, -0.2) is 0 Å². The molecule has 0 spiro atoms. The highest BCUT2D eigenvalue weighted by Crippen LogP contribution is 2.24. The van der Waals surface area contributed by atoms with E-state index in [1.165, 1.54) is 25.1 Å². The zero-order chi connectivity index (χ0) is 13.1. The van der Waals surface area contributed by atoms with Gasteiger partial charge >= 0.3 is 0 Å². The molecule has 1 aromatic rings. The van der Waals surface area contributed by atoms with E-state index in [1.54, 1.807) is 12.1 Å². The van der Waals surface area contributed by atoms with Crippen LogP contribution >= 0.6 is 0 Å². The van der Waals surface area contributed by atoms with Gasteiger partial charge in [0, 0.05) is 19.1 Å². The molecule has 1 saturated heterocycles. The molecule has 0 radical (unpaired) electrons. The molecule has 0 aliphatic carbocycles. The summed E-state index contributed by atoms with van der Waals surface area (Å²) in [5.74, 6) is 1.13. The molecule has 100 valence electrons. The fraction of sp³-hybridized carbons (Fsp3) is 0.600. The molecule has 3 heteroatoms. The Morgan fingerprint density at radius 2 is 2.06 bits per heavy atom. The molecule has 1 N–H and O–H groups in total. The lowest BCUT2D eigenvalue weighted by Gasteiger charge is -2.27. The number of aromatic hydroxyl groups is 1. The summed E-state index contributed by atoms with van der Waals surface area (Å²) in [5, 5.41) is 9.32. The minimum Gasteiger partial charge on any atom is -0.508 e. The Hall–Kier alpha value is -1.06. The highest BCUT2D eigenvalue weighted by Gasteiger charge is 2.22. The van der Waals surface area contributed by atoms with Gasteiger partial charge in [-0.2, -0.15) is 0 Å². The van der Waals surface area contributed by atoms with Gasteiger partial charge in [0.15, 0.2) is 0 Å². The molecule has 1 aromatic carbocycles. The molecule has 1 aliphatic rings.